The number of aromatic nitrogens is 4. The normalized spacial score (nSPS) is 17.0. The number of anilines is 1. The first kappa shape index (κ1) is 30.8. The summed E-state index contributed by atoms with van der Waals surface area (Å²) in [6.45, 7) is 8.94. The second-order valence-corrected chi connectivity index (χ2v) is 14.2. The molecule has 4 aromatic heterocycles. The zero-order chi connectivity index (χ0) is 31.7. The molecule has 1 atom stereocenters. The third-order valence-corrected chi connectivity index (χ3v) is 8.14. The molecule has 1 unspecified atom stereocenters. The van der Waals surface area contributed by atoms with E-state index in [4.69, 9.17) is 14.7 Å². The average molecular weight is 618 g/mol. The van der Waals surface area contributed by atoms with Gasteiger partial charge in [0.2, 0.25) is 0 Å². The van der Waals surface area contributed by atoms with Crippen molar-refractivity contribution in [3.63, 3.8) is 0 Å². The lowest BCUT2D eigenvalue weighted by atomic mass is 10.0. The molecule has 230 valence electrons. The Morgan fingerprint density at radius 1 is 1.05 bits per heavy atom. The van der Waals surface area contributed by atoms with Crippen LogP contribution in [0.3, 0.4) is 0 Å². The Kier molecular flexibility index (Phi) is 8.25. The molecule has 0 spiro atoms. The standard InChI is InChI=1S/C31H35N7O5S/c1-30(2,3)43-29(40)37-31(4)11-12-38(19-31)27-8-6-7-24(36-27)25-10-9-20-16-33-22(14-26(20)35-25)17-34-28(39)21-13-23(18-32-15-21)44(5,41)42/h6-10,13-16,18H,11-12,17,19H2,1-5H3,(H,34,39)(H,37,40). The van der Waals surface area contributed by atoms with Crippen LogP contribution in [0.4, 0.5) is 10.6 Å². The van der Waals surface area contributed by atoms with Gasteiger partial charge in [0.15, 0.2) is 9.84 Å². The molecule has 0 aliphatic carbocycles. The molecule has 2 amide bonds. The van der Waals surface area contributed by atoms with Crippen molar-refractivity contribution in [3.8, 4) is 11.4 Å². The highest BCUT2D eigenvalue weighted by Crippen LogP contribution is 2.28. The van der Waals surface area contributed by atoms with Crippen molar-refractivity contribution < 1.29 is 22.7 Å². The molecule has 5 rings (SSSR count). The van der Waals surface area contributed by atoms with Gasteiger partial charge in [-0.3, -0.25) is 14.8 Å². The number of pyridine rings is 4. The summed E-state index contributed by atoms with van der Waals surface area (Å²) in [5.74, 6) is 0.318. The number of hydrogen-bond donors (Lipinski definition) is 2. The maximum absolute atomic E-state index is 12.7. The van der Waals surface area contributed by atoms with Crippen molar-refractivity contribution in [2.24, 2.45) is 0 Å². The SMILES string of the molecule is CC1(NC(=O)OC(C)(C)C)CCN(c2cccc(-c3ccc4cnc(CNC(=O)c5cncc(S(C)(=O)=O)c5)cc4n3)n2)C1. The number of carbonyl (C=O) groups excluding carboxylic acids is 2. The summed E-state index contributed by atoms with van der Waals surface area (Å²) in [5.41, 5.74) is 1.76. The van der Waals surface area contributed by atoms with Crippen LogP contribution >= 0.6 is 0 Å². The summed E-state index contributed by atoms with van der Waals surface area (Å²) in [5, 5.41) is 6.60. The van der Waals surface area contributed by atoms with E-state index in [1.54, 1.807) is 12.3 Å². The van der Waals surface area contributed by atoms with Crippen LogP contribution < -0.4 is 15.5 Å². The van der Waals surface area contributed by atoms with Crippen LogP contribution in [0.2, 0.25) is 0 Å². The fourth-order valence-electron chi connectivity index (χ4n) is 4.87. The molecular formula is C31H35N7O5S. The summed E-state index contributed by atoms with van der Waals surface area (Å²) in [4.78, 5) is 45.1. The molecule has 1 aliphatic rings. The van der Waals surface area contributed by atoms with Crippen LogP contribution in [0, 0.1) is 0 Å². The van der Waals surface area contributed by atoms with E-state index < -0.39 is 33.0 Å². The Labute approximate surface area is 256 Å². The summed E-state index contributed by atoms with van der Waals surface area (Å²) < 4.78 is 29.1. The van der Waals surface area contributed by atoms with Gasteiger partial charge in [-0.1, -0.05) is 6.07 Å². The first-order valence-corrected chi connectivity index (χ1v) is 16.0. The first-order valence-electron chi connectivity index (χ1n) is 14.1. The second kappa shape index (κ2) is 11.8. The summed E-state index contributed by atoms with van der Waals surface area (Å²) in [6, 6.07) is 12.7. The van der Waals surface area contributed by atoms with Crippen LogP contribution in [0.15, 0.2) is 66.0 Å². The minimum atomic E-state index is -3.49. The highest BCUT2D eigenvalue weighted by atomic mass is 32.2. The smallest absolute Gasteiger partial charge is 0.408 e. The summed E-state index contributed by atoms with van der Waals surface area (Å²) in [7, 11) is -3.49. The van der Waals surface area contributed by atoms with Crippen LogP contribution in [0.25, 0.3) is 22.3 Å². The van der Waals surface area contributed by atoms with E-state index in [2.05, 4.69) is 25.5 Å². The second-order valence-electron chi connectivity index (χ2n) is 12.2. The van der Waals surface area contributed by atoms with E-state index in [9.17, 15) is 18.0 Å². The third kappa shape index (κ3) is 7.46. The van der Waals surface area contributed by atoms with E-state index in [-0.39, 0.29) is 17.0 Å². The molecule has 0 aromatic carbocycles. The number of ether oxygens (including phenoxy) is 1. The zero-order valence-electron chi connectivity index (χ0n) is 25.3. The quantitative estimate of drug-likeness (QED) is 0.312. The maximum atomic E-state index is 12.7. The Hall–Kier alpha value is -4.65. The molecule has 0 saturated carbocycles. The molecule has 5 heterocycles. The molecule has 12 nitrogen and oxygen atoms in total. The summed E-state index contributed by atoms with van der Waals surface area (Å²) in [6.07, 6.45) is 5.58. The van der Waals surface area contributed by atoms with E-state index in [1.165, 1.54) is 18.5 Å². The Balaban J connectivity index is 1.28. The Morgan fingerprint density at radius 2 is 1.82 bits per heavy atom. The van der Waals surface area contributed by atoms with Gasteiger partial charge in [-0.25, -0.2) is 23.2 Å². The van der Waals surface area contributed by atoms with E-state index in [0.29, 0.717) is 29.1 Å². The van der Waals surface area contributed by atoms with Gasteiger partial charge in [0.25, 0.3) is 5.91 Å². The lowest BCUT2D eigenvalue weighted by Gasteiger charge is -2.28. The van der Waals surface area contributed by atoms with Gasteiger partial charge in [0.1, 0.15) is 11.4 Å². The fourth-order valence-corrected chi connectivity index (χ4v) is 5.46. The summed E-state index contributed by atoms with van der Waals surface area (Å²) >= 11 is 0. The van der Waals surface area contributed by atoms with E-state index >= 15 is 0 Å². The number of nitrogens with one attached hydrogen (secondary N) is 2. The zero-order valence-corrected chi connectivity index (χ0v) is 26.1. The Bertz CT molecular complexity index is 1840. The minimum absolute atomic E-state index is 0.0281. The number of hydrogen-bond acceptors (Lipinski definition) is 10. The van der Waals surface area contributed by atoms with E-state index in [0.717, 1.165) is 30.4 Å². The molecule has 1 fully saturated rings. The average Bonchev–Trinajstić information content (AvgIpc) is 3.35. The topological polar surface area (TPSA) is 156 Å². The monoisotopic (exact) mass is 617 g/mol. The van der Waals surface area contributed by atoms with Gasteiger partial charge < -0.3 is 20.3 Å². The van der Waals surface area contributed by atoms with Gasteiger partial charge >= 0.3 is 6.09 Å². The van der Waals surface area contributed by atoms with Crippen LogP contribution in [-0.2, 0) is 21.1 Å². The highest BCUT2D eigenvalue weighted by molar-refractivity contribution is 7.90. The fraction of sp³-hybridized carbons (Fsp3) is 0.355. The predicted molar refractivity (Wildman–Crippen MR) is 166 cm³/mol. The molecule has 44 heavy (non-hydrogen) atoms. The van der Waals surface area contributed by atoms with Crippen molar-refractivity contribution in [1.29, 1.82) is 0 Å². The number of amides is 2. The minimum Gasteiger partial charge on any atom is -0.444 e. The number of carbonyl (C=O) groups is 2. The molecule has 13 heteroatoms. The number of nitrogens with zero attached hydrogens (tertiary/aromatic N) is 5. The van der Waals surface area contributed by atoms with Gasteiger partial charge in [-0.05, 0) is 70.5 Å². The number of fused-ring (bicyclic) bond motifs is 1. The molecule has 4 aromatic rings. The maximum Gasteiger partial charge on any atom is 0.408 e. The lowest BCUT2D eigenvalue weighted by molar-refractivity contribution is 0.0473. The van der Waals surface area contributed by atoms with Crippen molar-refractivity contribution in [1.82, 2.24) is 30.6 Å². The number of alkyl carbamates (subject to hydrolysis) is 1. The molecule has 0 bridgehead atoms. The van der Waals surface area contributed by atoms with Crippen molar-refractivity contribution in [2.45, 2.75) is 56.7 Å². The molecular weight excluding hydrogens is 582 g/mol. The van der Waals surface area contributed by atoms with Crippen LogP contribution in [-0.4, -0.2) is 70.8 Å². The van der Waals surface area contributed by atoms with Crippen molar-refractivity contribution >= 4 is 38.6 Å². The van der Waals surface area contributed by atoms with Crippen molar-refractivity contribution in [2.75, 3.05) is 24.2 Å². The van der Waals surface area contributed by atoms with Gasteiger partial charge in [-0.15, -0.1) is 0 Å². The number of rotatable bonds is 7. The van der Waals surface area contributed by atoms with Crippen molar-refractivity contribution in [3.05, 3.63) is 72.3 Å². The first-order chi connectivity index (χ1) is 20.7. The largest absolute Gasteiger partial charge is 0.444 e. The Morgan fingerprint density at radius 3 is 2.57 bits per heavy atom. The molecule has 0 radical (unpaired) electrons. The molecule has 1 saturated heterocycles. The highest BCUT2D eigenvalue weighted by Gasteiger charge is 2.37. The lowest BCUT2D eigenvalue weighted by Crippen LogP contribution is -2.49. The number of sulfone groups is 1. The van der Waals surface area contributed by atoms with Gasteiger partial charge in [-0.2, -0.15) is 0 Å². The third-order valence-electron chi connectivity index (χ3n) is 7.06. The van der Waals surface area contributed by atoms with Gasteiger partial charge in [0, 0.05) is 43.3 Å². The van der Waals surface area contributed by atoms with Crippen LogP contribution in [0.1, 0.15) is 50.2 Å². The van der Waals surface area contributed by atoms with E-state index in [1.807, 2.05) is 58.0 Å². The molecule has 1 aliphatic heterocycles. The van der Waals surface area contributed by atoms with Gasteiger partial charge in [0.05, 0.1) is 45.1 Å². The molecule has 2 N–H and O–H groups in total. The van der Waals surface area contributed by atoms with Crippen LogP contribution in [0.5, 0.6) is 0 Å². The predicted octanol–water partition coefficient (Wildman–Crippen LogP) is 3.91.